The van der Waals surface area contributed by atoms with Crippen molar-refractivity contribution in [2.24, 2.45) is 0 Å². The standard InChI is InChI=1S/C65H42N2O/c1-4-19-43(20-5-1)49-29-18-30-50(44-21-6-2-7-22-44)64(49)66(47-37-39-60-54(41-47)52-28-11-14-35-59(52)67(60)46-25-8-3-9-26-46)48-38-40-62-58(42-48)65(56-33-13-15-36-61(56)68-62)55-32-12-10-27-51(55)53-31-16-23-45-24-17-34-57(65)63(45)53/h1-42H. The lowest BCUT2D eigenvalue weighted by atomic mass is 9.58. The summed E-state index contributed by atoms with van der Waals surface area (Å²) in [7, 11) is 0. The second-order valence-corrected chi connectivity index (χ2v) is 17.9. The molecule has 68 heavy (non-hydrogen) atoms. The number of hydrogen-bond donors (Lipinski definition) is 0. The summed E-state index contributed by atoms with van der Waals surface area (Å²) in [4.78, 5) is 2.51. The molecule has 12 aromatic rings. The molecule has 1 aliphatic heterocycles. The van der Waals surface area contributed by atoms with Crippen LogP contribution in [-0.4, -0.2) is 4.57 Å². The molecule has 1 unspecified atom stereocenters. The fraction of sp³-hybridized carbons (Fsp3) is 0.0154. The van der Waals surface area contributed by atoms with Crippen LogP contribution in [0.3, 0.4) is 0 Å². The fourth-order valence-electron chi connectivity index (χ4n) is 11.7. The Morgan fingerprint density at radius 2 is 0.897 bits per heavy atom. The number of rotatable bonds is 6. The second kappa shape index (κ2) is 15.1. The van der Waals surface area contributed by atoms with E-state index in [1.165, 1.54) is 49.3 Å². The van der Waals surface area contributed by atoms with E-state index < -0.39 is 5.41 Å². The van der Waals surface area contributed by atoms with Crippen LogP contribution in [0.25, 0.3) is 71.6 Å². The summed E-state index contributed by atoms with van der Waals surface area (Å²) in [6.07, 6.45) is 0. The maximum atomic E-state index is 7.07. The fourth-order valence-corrected chi connectivity index (χ4v) is 11.7. The molecule has 0 saturated carbocycles. The summed E-state index contributed by atoms with van der Waals surface area (Å²) >= 11 is 0. The Labute approximate surface area is 395 Å². The van der Waals surface area contributed by atoms with Crippen LogP contribution in [0.15, 0.2) is 255 Å². The highest BCUT2D eigenvalue weighted by Crippen LogP contribution is 2.62. The largest absolute Gasteiger partial charge is 0.457 e. The van der Waals surface area contributed by atoms with Crippen molar-refractivity contribution in [3.63, 3.8) is 0 Å². The molecule has 1 spiro atoms. The van der Waals surface area contributed by atoms with Crippen molar-refractivity contribution in [1.82, 2.24) is 4.57 Å². The molecular formula is C65H42N2O. The third-order valence-electron chi connectivity index (χ3n) is 14.4. The lowest BCUT2D eigenvalue weighted by molar-refractivity contribution is 0.435. The molecule has 3 nitrogen and oxygen atoms in total. The smallest absolute Gasteiger partial charge is 0.132 e. The van der Waals surface area contributed by atoms with Crippen molar-refractivity contribution in [3.8, 4) is 50.6 Å². The van der Waals surface area contributed by atoms with Gasteiger partial charge in [-0.1, -0.05) is 194 Å². The number of hydrogen-bond acceptors (Lipinski definition) is 2. The van der Waals surface area contributed by atoms with Crippen molar-refractivity contribution in [2.75, 3.05) is 4.90 Å². The molecule has 0 N–H and O–H groups in total. The number of fused-ring (bicyclic) bond motifs is 11. The molecule has 1 atom stereocenters. The van der Waals surface area contributed by atoms with E-state index in [9.17, 15) is 0 Å². The van der Waals surface area contributed by atoms with Crippen molar-refractivity contribution in [2.45, 2.75) is 5.41 Å². The first kappa shape index (κ1) is 38.4. The van der Waals surface area contributed by atoms with Gasteiger partial charge in [0.1, 0.15) is 11.5 Å². The van der Waals surface area contributed by atoms with Gasteiger partial charge in [-0.15, -0.1) is 0 Å². The topological polar surface area (TPSA) is 17.4 Å². The number of anilines is 3. The van der Waals surface area contributed by atoms with Gasteiger partial charge >= 0.3 is 0 Å². The van der Waals surface area contributed by atoms with Crippen LogP contribution in [0.2, 0.25) is 0 Å². The third-order valence-corrected chi connectivity index (χ3v) is 14.4. The summed E-state index contributed by atoms with van der Waals surface area (Å²) in [5, 5.41) is 4.89. The molecule has 2 heterocycles. The average molecular weight is 867 g/mol. The Balaban J connectivity index is 1.11. The highest BCUT2D eigenvalue weighted by Gasteiger charge is 2.49. The number of para-hydroxylation sites is 4. The molecule has 3 heteroatoms. The molecule has 1 aromatic heterocycles. The van der Waals surface area contributed by atoms with Gasteiger partial charge in [0.05, 0.1) is 22.1 Å². The Hall–Kier alpha value is -8.92. The van der Waals surface area contributed by atoms with E-state index >= 15 is 0 Å². The zero-order valence-electron chi connectivity index (χ0n) is 37.1. The first-order chi connectivity index (χ1) is 33.8. The molecule has 318 valence electrons. The normalized spacial score (nSPS) is 14.4. The van der Waals surface area contributed by atoms with Gasteiger partial charge in [-0.05, 0) is 105 Å². The summed E-state index contributed by atoms with van der Waals surface area (Å²) in [5.74, 6) is 1.72. The zero-order valence-corrected chi connectivity index (χ0v) is 37.1. The molecule has 0 fully saturated rings. The first-order valence-corrected chi connectivity index (χ1v) is 23.4. The van der Waals surface area contributed by atoms with E-state index in [4.69, 9.17) is 4.74 Å². The minimum Gasteiger partial charge on any atom is -0.457 e. The van der Waals surface area contributed by atoms with Crippen LogP contribution in [0.5, 0.6) is 11.5 Å². The summed E-state index contributed by atoms with van der Waals surface area (Å²) in [6.45, 7) is 0. The van der Waals surface area contributed by atoms with Crippen LogP contribution in [0.1, 0.15) is 22.3 Å². The van der Waals surface area contributed by atoms with Crippen LogP contribution >= 0.6 is 0 Å². The monoisotopic (exact) mass is 866 g/mol. The highest BCUT2D eigenvalue weighted by atomic mass is 16.5. The number of benzene rings is 11. The van der Waals surface area contributed by atoms with Gasteiger partial charge in [-0.3, -0.25) is 0 Å². The van der Waals surface area contributed by atoms with Crippen molar-refractivity contribution < 1.29 is 4.74 Å². The van der Waals surface area contributed by atoms with E-state index in [0.717, 1.165) is 73.1 Å². The average Bonchev–Trinajstić information content (AvgIpc) is 3.74. The Morgan fingerprint density at radius 1 is 0.353 bits per heavy atom. The SMILES string of the molecule is c1ccc(-c2cccc(-c3ccccc3)c2N(c2ccc3c(c2)C2(c4ccccc4O3)c3ccccc3-c3cccc4cccc2c34)c2ccc3c(c2)c2ccccc2n3-c2ccccc2)cc1. The zero-order chi connectivity index (χ0) is 44.8. The van der Waals surface area contributed by atoms with E-state index in [1.54, 1.807) is 0 Å². The molecule has 11 aromatic carbocycles. The van der Waals surface area contributed by atoms with Crippen LogP contribution in [-0.2, 0) is 5.41 Å². The number of aromatic nitrogens is 1. The predicted octanol–water partition coefficient (Wildman–Crippen LogP) is 17.2. The minimum absolute atomic E-state index is 0.704. The predicted molar refractivity (Wildman–Crippen MR) is 281 cm³/mol. The van der Waals surface area contributed by atoms with E-state index in [1.807, 2.05) is 0 Å². The lowest BCUT2D eigenvalue weighted by Crippen LogP contribution is -2.36. The Morgan fingerprint density at radius 3 is 1.68 bits per heavy atom. The Bertz CT molecular complexity index is 3890. The summed E-state index contributed by atoms with van der Waals surface area (Å²) < 4.78 is 9.46. The van der Waals surface area contributed by atoms with Crippen LogP contribution in [0.4, 0.5) is 17.1 Å². The molecule has 0 amide bonds. The van der Waals surface area contributed by atoms with Crippen LogP contribution < -0.4 is 9.64 Å². The molecule has 0 bridgehead atoms. The molecule has 0 saturated heterocycles. The van der Waals surface area contributed by atoms with Gasteiger partial charge in [0.15, 0.2) is 0 Å². The van der Waals surface area contributed by atoms with Crippen molar-refractivity contribution >= 4 is 49.6 Å². The summed E-state index contributed by atoms with van der Waals surface area (Å²) in [6, 6.07) is 93.1. The molecule has 14 rings (SSSR count). The quantitative estimate of drug-likeness (QED) is 0.166. The minimum atomic E-state index is -0.704. The lowest BCUT2D eigenvalue weighted by Gasteiger charge is -2.45. The summed E-state index contributed by atoms with van der Waals surface area (Å²) in [5.41, 5.74) is 17.7. The Kier molecular flexibility index (Phi) is 8.50. The molecule has 1 aliphatic carbocycles. The second-order valence-electron chi connectivity index (χ2n) is 17.9. The van der Waals surface area contributed by atoms with E-state index in [-0.39, 0.29) is 0 Å². The first-order valence-electron chi connectivity index (χ1n) is 23.4. The van der Waals surface area contributed by atoms with Crippen LogP contribution in [0, 0.1) is 0 Å². The van der Waals surface area contributed by atoms with Crippen molar-refractivity contribution in [1.29, 1.82) is 0 Å². The van der Waals surface area contributed by atoms with Gasteiger partial charge in [0, 0.05) is 50.1 Å². The molecule has 2 aliphatic rings. The van der Waals surface area contributed by atoms with Gasteiger partial charge in [-0.25, -0.2) is 0 Å². The van der Waals surface area contributed by atoms with Gasteiger partial charge in [0.25, 0.3) is 0 Å². The van der Waals surface area contributed by atoms with Gasteiger partial charge < -0.3 is 14.2 Å². The molecule has 0 radical (unpaired) electrons. The van der Waals surface area contributed by atoms with Crippen molar-refractivity contribution in [3.05, 3.63) is 277 Å². The maximum absolute atomic E-state index is 7.07. The van der Waals surface area contributed by atoms with E-state index in [0.29, 0.717) is 0 Å². The molecular weight excluding hydrogens is 825 g/mol. The maximum Gasteiger partial charge on any atom is 0.132 e. The van der Waals surface area contributed by atoms with Gasteiger partial charge in [-0.2, -0.15) is 0 Å². The number of nitrogens with zero attached hydrogens (tertiary/aromatic N) is 2. The third kappa shape index (κ3) is 5.54. The van der Waals surface area contributed by atoms with Gasteiger partial charge in [0.2, 0.25) is 0 Å². The van der Waals surface area contributed by atoms with E-state index in [2.05, 4.69) is 264 Å². The number of ether oxygens (including phenoxy) is 1. The highest BCUT2D eigenvalue weighted by molar-refractivity contribution is 6.11.